The van der Waals surface area contributed by atoms with Gasteiger partial charge in [0, 0.05) is 11.6 Å². The molecule has 4 N–H and O–H groups in total. The van der Waals surface area contributed by atoms with Crippen molar-refractivity contribution in [1.29, 1.82) is 0 Å². The van der Waals surface area contributed by atoms with Crippen LogP contribution in [0, 0.1) is 5.92 Å². The van der Waals surface area contributed by atoms with Crippen molar-refractivity contribution in [2.24, 2.45) is 11.1 Å². The molecule has 1 aliphatic rings. The van der Waals surface area contributed by atoms with Crippen LogP contribution in [0.15, 0.2) is 29.2 Å². The van der Waals surface area contributed by atoms with E-state index >= 15 is 0 Å². The number of rotatable bonds is 4. The first-order chi connectivity index (χ1) is 10.3. The summed E-state index contributed by atoms with van der Waals surface area (Å²) in [6, 6.07) is 5.31. The molecule has 0 aromatic heterocycles. The van der Waals surface area contributed by atoms with Crippen molar-refractivity contribution in [1.82, 2.24) is 5.32 Å². The zero-order chi connectivity index (χ0) is 16.3. The number of nitrogens with one attached hydrogen (secondary N) is 1. The van der Waals surface area contributed by atoms with Gasteiger partial charge in [-0.15, -0.1) is 0 Å². The van der Waals surface area contributed by atoms with Gasteiger partial charge in [0.2, 0.25) is 10.0 Å². The lowest BCUT2D eigenvalue weighted by Crippen LogP contribution is -2.38. The summed E-state index contributed by atoms with van der Waals surface area (Å²) in [5, 5.41) is 16.8. The summed E-state index contributed by atoms with van der Waals surface area (Å²) in [7, 11) is -3.77. The molecule has 0 saturated heterocycles. The Balaban J connectivity index is 1.94. The predicted molar refractivity (Wildman–Crippen MR) is 78.7 cm³/mol. The van der Waals surface area contributed by atoms with Gasteiger partial charge in [-0.1, -0.05) is 0 Å². The van der Waals surface area contributed by atoms with Crippen LogP contribution in [0.4, 0.5) is 0 Å². The van der Waals surface area contributed by atoms with Crippen molar-refractivity contribution in [2.45, 2.75) is 36.6 Å². The minimum absolute atomic E-state index is 0.0500. The van der Waals surface area contributed by atoms with Crippen LogP contribution in [0.3, 0.4) is 0 Å². The SMILES string of the molecule is NS(=O)(=O)c1ccc(C(=O)NC2CCC(C(=O)O)CC2)cc1. The van der Waals surface area contributed by atoms with Crippen molar-refractivity contribution in [3.63, 3.8) is 0 Å². The zero-order valence-corrected chi connectivity index (χ0v) is 12.7. The lowest BCUT2D eigenvalue weighted by atomic mass is 9.86. The summed E-state index contributed by atoms with van der Waals surface area (Å²) in [6.45, 7) is 0. The Kier molecular flexibility index (Phi) is 4.82. The van der Waals surface area contributed by atoms with Gasteiger partial charge in [-0.25, -0.2) is 13.6 Å². The van der Waals surface area contributed by atoms with Gasteiger partial charge in [-0.2, -0.15) is 0 Å². The Hall–Kier alpha value is -1.93. The fraction of sp³-hybridized carbons (Fsp3) is 0.429. The van der Waals surface area contributed by atoms with Crippen molar-refractivity contribution >= 4 is 21.9 Å². The molecule has 1 saturated carbocycles. The van der Waals surface area contributed by atoms with Gasteiger partial charge in [0.15, 0.2) is 0 Å². The minimum atomic E-state index is -3.77. The monoisotopic (exact) mass is 326 g/mol. The number of carbonyl (C=O) groups is 2. The molecule has 0 radical (unpaired) electrons. The number of hydrogen-bond acceptors (Lipinski definition) is 4. The molecule has 1 aromatic rings. The highest BCUT2D eigenvalue weighted by molar-refractivity contribution is 7.89. The molecular weight excluding hydrogens is 308 g/mol. The highest BCUT2D eigenvalue weighted by Gasteiger charge is 2.26. The molecule has 22 heavy (non-hydrogen) atoms. The summed E-state index contributed by atoms with van der Waals surface area (Å²) in [5.41, 5.74) is 0.341. The number of aliphatic carboxylic acids is 1. The molecule has 1 amide bonds. The molecule has 0 unspecified atom stereocenters. The first-order valence-corrected chi connectivity index (χ1v) is 8.48. The quantitative estimate of drug-likeness (QED) is 0.751. The second-order valence-corrected chi connectivity index (χ2v) is 6.99. The van der Waals surface area contributed by atoms with E-state index in [9.17, 15) is 18.0 Å². The van der Waals surface area contributed by atoms with E-state index in [0.717, 1.165) is 0 Å². The molecule has 0 bridgehead atoms. The molecule has 1 aliphatic carbocycles. The summed E-state index contributed by atoms with van der Waals surface area (Å²) in [5.74, 6) is -1.43. The summed E-state index contributed by atoms with van der Waals surface area (Å²) in [6.07, 6.45) is 2.34. The number of sulfonamides is 1. The maximum Gasteiger partial charge on any atom is 0.306 e. The standard InChI is InChI=1S/C14H18N2O5S/c15-22(20,21)12-7-3-9(4-8-12)13(17)16-11-5-1-10(2-6-11)14(18)19/h3-4,7-8,10-11H,1-2,5-6H2,(H,16,17)(H,18,19)(H2,15,20,21). The summed E-state index contributed by atoms with van der Waals surface area (Å²) in [4.78, 5) is 22.9. The highest BCUT2D eigenvalue weighted by atomic mass is 32.2. The Morgan fingerprint density at radius 2 is 1.64 bits per heavy atom. The summed E-state index contributed by atoms with van der Waals surface area (Å²) >= 11 is 0. The second-order valence-electron chi connectivity index (χ2n) is 5.43. The molecule has 0 aliphatic heterocycles. The van der Waals surface area contributed by atoms with E-state index < -0.39 is 16.0 Å². The average Bonchev–Trinajstić information content (AvgIpc) is 2.47. The van der Waals surface area contributed by atoms with Crippen LogP contribution in [0.2, 0.25) is 0 Å². The topological polar surface area (TPSA) is 127 Å². The van der Waals surface area contributed by atoms with E-state index in [0.29, 0.717) is 31.2 Å². The van der Waals surface area contributed by atoms with E-state index in [1.807, 2.05) is 0 Å². The van der Waals surface area contributed by atoms with Crippen LogP contribution in [0.1, 0.15) is 36.0 Å². The molecule has 2 rings (SSSR count). The maximum absolute atomic E-state index is 12.1. The predicted octanol–water partition coefficient (Wildman–Crippen LogP) is 0.707. The molecule has 0 heterocycles. The second kappa shape index (κ2) is 6.45. The van der Waals surface area contributed by atoms with Crippen LogP contribution in [0.25, 0.3) is 0 Å². The Labute approximate surface area is 128 Å². The largest absolute Gasteiger partial charge is 0.481 e. The number of nitrogens with two attached hydrogens (primary N) is 1. The smallest absolute Gasteiger partial charge is 0.306 e. The third-order valence-electron chi connectivity index (χ3n) is 3.86. The van der Waals surface area contributed by atoms with Crippen molar-refractivity contribution in [2.75, 3.05) is 0 Å². The lowest BCUT2D eigenvalue weighted by molar-refractivity contribution is -0.142. The van der Waals surface area contributed by atoms with Gasteiger partial charge in [-0.3, -0.25) is 9.59 Å². The van der Waals surface area contributed by atoms with Crippen LogP contribution in [-0.2, 0) is 14.8 Å². The third kappa shape index (κ3) is 4.05. The number of carboxylic acids is 1. The zero-order valence-electron chi connectivity index (χ0n) is 11.9. The fourth-order valence-corrected chi connectivity index (χ4v) is 3.06. The minimum Gasteiger partial charge on any atom is -0.481 e. The van der Waals surface area contributed by atoms with Crippen molar-refractivity contribution in [3.8, 4) is 0 Å². The molecular formula is C14H18N2O5S. The molecule has 8 heteroatoms. The Bertz CT molecular complexity index is 661. The van der Waals surface area contributed by atoms with E-state index in [1.54, 1.807) is 0 Å². The average molecular weight is 326 g/mol. The third-order valence-corrected chi connectivity index (χ3v) is 4.79. The van der Waals surface area contributed by atoms with E-state index in [-0.39, 0.29) is 22.8 Å². The van der Waals surface area contributed by atoms with Gasteiger partial charge in [0.1, 0.15) is 0 Å². The van der Waals surface area contributed by atoms with Crippen LogP contribution < -0.4 is 10.5 Å². The normalized spacial score (nSPS) is 22.0. The first kappa shape index (κ1) is 16.4. The first-order valence-electron chi connectivity index (χ1n) is 6.94. The molecule has 0 spiro atoms. The van der Waals surface area contributed by atoms with Crippen LogP contribution in [-0.4, -0.2) is 31.4 Å². The van der Waals surface area contributed by atoms with Gasteiger partial charge < -0.3 is 10.4 Å². The fourth-order valence-electron chi connectivity index (χ4n) is 2.55. The molecule has 120 valence electrons. The van der Waals surface area contributed by atoms with Gasteiger partial charge in [0.25, 0.3) is 5.91 Å². The van der Waals surface area contributed by atoms with Crippen LogP contribution in [0.5, 0.6) is 0 Å². The Morgan fingerprint density at radius 1 is 1.09 bits per heavy atom. The number of amides is 1. The van der Waals surface area contributed by atoms with Crippen molar-refractivity contribution < 1.29 is 23.1 Å². The molecule has 1 fully saturated rings. The molecule has 0 atom stereocenters. The van der Waals surface area contributed by atoms with E-state index in [4.69, 9.17) is 10.2 Å². The number of benzene rings is 1. The Morgan fingerprint density at radius 3 is 2.09 bits per heavy atom. The molecule has 7 nitrogen and oxygen atoms in total. The highest BCUT2D eigenvalue weighted by Crippen LogP contribution is 2.24. The van der Waals surface area contributed by atoms with Crippen LogP contribution >= 0.6 is 0 Å². The van der Waals surface area contributed by atoms with Gasteiger partial charge in [0.05, 0.1) is 10.8 Å². The van der Waals surface area contributed by atoms with Gasteiger partial charge >= 0.3 is 5.97 Å². The lowest BCUT2D eigenvalue weighted by Gasteiger charge is -2.26. The van der Waals surface area contributed by atoms with Crippen molar-refractivity contribution in [3.05, 3.63) is 29.8 Å². The van der Waals surface area contributed by atoms with E-state index in [1.165, 1.54) is 24.3 Å². The number of hydrogen-bond donors (Lipinski definition) is 3. The van der Waals surface area contributed by atoms with E-state index in [2.05, 4.69) is 5.32 Å². The van der Waals surface area contributed by atoms with Gasteiger partial charge in [-0.05, 0) is 49.9 Å². The summed E-state index contributed by atoms with van der Waals surface area (Å²) < 4.78 is 22.3. The number of carboxylic acid groups (broad SMARTS) is 1. The molecule has 1 aromatic carbocycles. The number of primary sulfonamides is 1. The maximum atomic E-state index is 12.1. The number of carbonyl (C=O) groups excluding carboxylic acids is 1.